The first-order valence-corrected chi connectivity index (χ1v) is 33.3. The van der Waals surface area contributed by atoms with Gasteiger partial charge in [-0.1, -0.05) is 274 Å². The van der Waals surface area contributed by atoms with Gasteiger partial charge in [0.15, 0.2) is 6.10 Å². The number of rotatable bonds is 58. The molecule has 464 valence electrons. The Morgan fingerprint density at radius 2 is 0.434 bits per heavy atom. The van der Waals surface area contributed by atoms with E-state index in [4.69, 9.17) is 14.2 Å². The van der Waals surface area contributed by atoms with E-state index < -0.39 is 6.10 Å². The molecule has 0 aliphatic heterocycles. The van der Waals surface area contributed by atoms with Gasteiger partial charge in [0.2, 0.25) is 0 Å². The van der Waals surface area contributed by atoms with E-state index in [1.807, 2.05) is 0 Å². The summed E-state index contributed by atoms with van der Waals surface area (Å²) in [6, 6.07) is 0. The van der Waals surface area contributed by atoms with E-state index in [-0.39, 0.29) is 31.1 Å². The molecular weight excluding hydrogens is 1020 g/mol. The average molecular weight is 1140 g/mol. The van der Waals surface area contributed by atoms with Gasteiger partial charge >= 0.3 is 17.9 Å². The highest BCUT2D eigenvalue weighted by Crippen LogP contribution is 2.14. The van der Waals surface area contributed by atoms with Gasteiger partial charge in [-0.25, -0.2) is 0 Å². The fourth-order valence-electron chi connectivity index (χ4n) is 8.52. The third-order valence-electron chi connectivity index (χ3n) is 13.4. The average Bonchev–Trinajstić information content (AvgIpc) is 3.49. The summed E-state index contributed by atoms with van der Waals surface area (Å²) in [5, 5.41) is 0. The molecule has 0 rings (SSSR count). The maximum atomic E-state index is 13.0. The van der Waals surface area contributed by atoms with Gasteiger partial charge in [0, 0.05) is 19.3 Å². The number of esters is 3. The summed E-state index contributed by atoms with van der Waals surface area (Å²) in [5.41, 5.74) is 0. The van der Waals surface area contributed by atoms with E-state index in [1.54, 1.807) is 0 Å². The van der Waals surface area contributed by atoms with Crippen molar-refractivity contribution in [3.63, 3.8) is 0 Å². The molecule has 0 aromatic carbocycles. The van der Waals surface area contributed by atoms with Crippen LogP contribution in [0.15, 0.2) is 182 Å². The summed E-state index contributed by atoms with van der Waals surface area (Å²) in [5.74, 6) is -0.977. The fourth-order valence-corrected chi connectivity index (χ4v) is 8.52. The SMILES string of the molecule is CC/C=C\C/C=C\C/C=C\C/C=C\C/C=C\C/C=C\CCCCCCCCC(=O)OCC(COC(=O)CCCC/C=C\C/C=C\C/C=C\C/C=C\CC)OC(=O)CCCCCCCCCCC/C=C\C/C=C\C/C=C\C/C=C\C/C=C\CC. The minimum Gasteiger partial charge on any atom is -0.462 e. The van der Waals surface area contributed by atoms with Crippen LogP contribution in [0.4, 0.5) is 0 Å². The van der Waals surface area contributed by atoms with Crippen molar-refractivity contribution in [2.45, 2.75) is 271 Å². The molecule has 0 saturated heterocycles. The summed E-state index contributed by atoms with van der Waals surface area (Å²) in [6.45, 7) is 6.24. The normalized spacial score (nSPS) is 13.3. The minimum absolute atomic E-state index is 0.111. The highest BCUT2D eigenvalue weighted by molar-refractivity contribution is 5.71. The van der Waals surface area contributed by atoms with Crippen LogP contribution >= 0.6 is 0 Å². The largest absolute Gasteiger partial charge is 0.462 e. The maximum absolute atomic E-state index is 13.0. The van der Waals surface area contributed by atoms with Crippen molar-refractivity contribution in [1.29, 1.82) is 0 Å². The topological polar surface area (TPSA) is 78.9 Å². The number of carbonyl (C=O) groups excluding carboxylic acids is 3. The molecule has 6 nitrogen and oxygen atoms in total. The number of unbranched alkanes of at least 4 members (excludes halogenated alkanes) is 17. The van der Waals surface area contributed by atoms with Crippen LogP contribution in [0.1, 0.15) is 265 Å². The van der Waals surface area contributed by atoms with Crippen LogP contribution in [0.25, 0.3) is 0 Å². The van der Waals surface area contributed by atoms with Gasteiger partial charge < -0.3 is 14.2 Å². The lowest BCUT2D eigenvalue weighted by Gasteiger charge is -2.18. The summed E-state index contributed by atoms with van der Waals surface area (Å²) < 4.78 is 16.9. The van der Waals surface area contributed by atoms with Crippen LogP contribution in [0, 0.1) is 0 Å². The molecule has 0 heterocycles. The first-order valence-electron chi connectivity index (χ1n) is 33.3. The number of hydrogen-bond donors (Lipinski definition) is 0. The van der Waals surface area contributed by atoms with Crippen LogP contribution in [0.5, 0.6) is 0 Å². The van der Waals surface area contributed by atoms with E-state index in [0.717, 1.165) is 167 Å². The zero-order valence-electron chi connectivity index (χ0n) is 53.1. The van der Waals surface area contributed by atoms with Crippen molar-refractivity contribution in [3.8, 4) is 0 Å². The van der Waals surface area contributed by atoms with Gasteiger partial charge in [-0.2, -0.15) is 0 Å². The molecule has 0 aliphatic carbocycles. The van der Waals surface area contributed by atoms with Gasteiger partial charge in [0.1, 0.15) is 13.2 Å². The monoisotopic (exact) mass is 1140 g/mol. The highest BCUT2D eigenvalue weighted by Gasteiger charge is 2.19. The van der Waals surface area contributed by atoms with Crippen LogP contribution in [0.3, 0.4) is 0 Å². The van der Waals surface area contributed by atoms with Gasteiger partial charge in [0.05, 0.1) is 0 Å². The Labute approximate surface area is 510 Å². The Balaban J connectivity index is 4.47. The van der Waals surface area contributed by atoms with Crippen molar-refractivity contribution in [2.75, 3.05) is 13.2 Å². The minimum atomic E-state index is -0.818. The van der Waals surface area contributed by atoms with Crippen molar-refractivity contribution in [1.82, 2.24) is 0 Å². The summed E-state index contributed by atoms with van der Waals surface area (Å²) in [4.78, 5) is 38.4. The Bertz CT molecular complexity index is 1940. The van der Waals surface area contributed by atoms with Crippen molar-refractivity contribution >= 4 is 17.9 Å². The lowest BCUT2D eigenvalue weighted by Crippen LogP contribution is -2.30. The van der Waals surface area contributed by atoms with E-state index >= 15 is 0 Å². The molecule has 0 aromatic heterocycles. The summed E-state index contributed by atoms with van der Waals surface area (Å²) >= 11 is 0. The third-order valence-corrected chi connectivity index (χ3v) is 13.4. The maximum Gasteiger partial charge on any atom is 0.306 e. The molecule has 1 atom stereocenters. The Morgan fingerprint density at radius 1 is 0.241 bits per heavy atom. The molecule has 0 fully saturated rings. The van der Waals surface area contributed by atoms with Crippen LogP contribution in [-0.2, 0) is 28.6 Å². The van der Waals surface area contributed by atoms with Crippen LogP contribution < -0.4 is 0 Å². The van der Waals surface area contributed by atoms with Crippen LogP contribution in [-0.4, -0.2) is 37.2 Å². The number of allylic oxidation sites excluding steroid dienone is 30. The van der Waals surface area contributed by atoms with Gasteiger partial charge in [0.25, 0.3) is 0 Å². The molecule has 0 saturated carbocycles. The Morgan fingerprint density at radius 3 is 0.699 bits per heavy atom. The molecule has 0 spiro atoms. The van der Waals surface area contributed by atoms with Crippen molar-refractivity contribution in [2.24, 2.45) is 0 Å². The predicted octanol–water partition coefficient (Wildman–Crippen LogP) is 23.2. The zero-order valence-corrected chi connectivity index (χ0v) is 53.1. The third kappa shape index (κ3) is 67.2. The van der Waals surface area contributed by atoms with E-state index in [1.165, 1.54) is 51.4 Å². The van der Waals surface area contributed by atoms with Gasteiger partial charge in [-0.05, 0) is 154 Å². The second-order valence-electron chi connectivity index (χ2n) is 21.2. The van der Waals surface area contributed by atoms with E-state index in [9.17, 15) is 14.4 Å². The second-order valence-corrected chi connectivity index (χ2v) is 21.2. The molecule has 0 aromatic rings. The van der Waals surface area contributed by atoms with Gasteiger partial charge in [-0.15, -0.1) is 0 Å². The predicted molar refractivity (Wildman–Crippen MR) is 361 cm³/mol. The van der Waals surface area contributed by atoms with Crippen molar-refractivity contribution in [3.05, 3.63) is 182 Å². The molecule has 0 amide bonds. The molecule has 83 heavy (non-hydrogen) atoms. The van der Waals surface area contributed by atoms with Gasteiger partial charge in [-0.3, -0.25) is 14.4 Å². The summed E-state index contributed by atoms with van der Waals surface area (Å²) in [6.07, 6.45) is 103. The molecule has 6 heteroatoms. The first-order chi connectivity index (χ1) is 41.0. The van der Waals surface area contributed by atoms with Crippen molar-refractivity contribution < 1.29 is 28.6 Å². The fraction of sp³-hybridized carbons (Fsp3) is 0.571. The Hall–Kier alpha value is -5.49. The molecule has 0 aliphatic rings. The molecule has 0 N–H and O–H groups in total. The van der Waals surface area contributed by atoms with E-state index in [0.29, 0.717) is 25.7 Å². The standard InChI is InChI=1S/C77H120O6/c1-4-7-10-13-16-19-22-25-28-30-32-34-36-38-40-42-44-46-49-52-55-58-61-64-67-70-76(79)82-73-74(72-81-75(78)69-66-63-60-57-54-51-48-27-24-21-18-15-12-9-6-3)83-77(80)71-68-65-62-59-56-53-50-47-45-43-41-39-37-35-33-31-29-26-23-20-17-14-11-8-5-2/h7-12,16-21,25-29,32-35,38-41,44,46,48,54,57,74H,4-6,13-15,22-24,30-31,36-37,42-43,45,47,49-53,55-56,58-73H2,1-3H3/b10-7-,11-8-,12-9-,19-16-,20-17-,21-18-,28-25-,29-26-,34-32-,35-33-,40-38-,41-39-,46-44-,48-27-,57-54-. The van der Waals surface area contributed by atoms with E-state index in [2.05, 4.69) is 203 Å². The lowest BCUT2D eigenvalue weighted by molar-refractivity contribution is -0.167. The van der Waals surface area contributed by atoms with Crippen LogP contribution in [0.2, 0.25) is 0 Å². The molecule has 0 radical (unpaired) electrons. The highest BCUT2D eigenvalue weighted by atomic mass is 16.6. The Kier molecular flexibility index (Phi) is 64.4. The quantitative estimate of drug-likeness (QED) is 0.0261. The smallest absolute Gasteiger partial charge is 0.306 e. The molecule has 1 unspecified atom stereocenters. The summed E-state index contributed by atoms with van der Waals surface area (Å²) in [7, 11) is 0. The lowest BCUT2D eigenvalue weighted by atomic mass is 10.1. The number of hydrogen-bond acceptors (Lipinski definition) is 6. The second kappa shape index (κ2) is 69.0. The number of carbonyl (C=O) groups is 3. The zero-order chi connectivity index (χ0) is 59.9. The molecule has 0 bridgehead atoms. The molecular formula is C77H120O6. The first kappa shape index (κ1) is 77.5. The number of ether oxygens (including phenoxy) is 3.